The molecular weight excluding hydrogens is 188 g/mol. The maximum absolute atomic E-state index is 5.59. The van der Waals surface area contributed by atoms with Crippen LogP contribution >= 0.6 is 0 Å². The van der Waals surface area contributed by atoms with Crippen molar-refractivity contribution in [1.82, 2.24) is 9.97 Å². The van der Waals surface area contributed by atoms with Gasteiger partial charge in [0.1, 0.15) is 0 Å². The number of hydrogen-bond acceptors (Lipinski definition) is 4. The summed E-state index contributed by atoms with van der Waals surface area (Å²) < 4.78 is 0. The van der Waals surface area contributed by atoms with Gasteiger partial charge in [0.2, 0.25) is 5.95 Å². The van der Waals surface area contributed by atoms with Gasteiger partial charge in [-0.3, -0.25) is 0 Å². The largest absolute Gasteiger partial charge is 0.354 e. The summed E-state index contributed by atoms with van der Waals surface area (Å²) in [5, 5.41) is 3.30. The highest BCUT2D eigenvalue weighted by atomic mass is 15.1. The lowest BCUT2D eigenvalue weighted by molar-refractivity contribution is 0.499. The number of anilines is 1. The maximum atomic E-state index is 5.59. The Morgan fingerprint density at radius 3 is 2.93 bits per heavy atom. The molecule has 15 heavy (non-hydrogen) atoms. The Kier molecular flexibility index (Phi) is 2.86. The van der Waals surface area contributed by atoms with Gasteiger partial charge in [0.05, 0.1) is 0 Å². The second-order valence-corrected chi connectivity index (χ2v) is 4.41. The fourth-order valence-electron chi connectivity index (χ4n) is 1.80. The number of nitrogens with zero attached hydrogens (tertiary/aromatic N) is 2. The lowest BCUT2D eigenvalue weighted by Gasteiger charge is -2.14. The molecule has 0 atom stereocenters. The standard InChI is InChI=1S/C11H18N4/c1-9-2-7-13-10(15-9)14-8-11(3-4-11)5-6-12/h2,7H,3-6,8,12H2,1H3,(H,13,14,15). The molecule has 0 amide bonds. The van der Waals surface area contributed by atoms with Crippen LogP contribution in [0.15, 0.2) is 12.3 Å². The summed E-state index contributed by atoms with van der Waals surface area (Å²) in [6.07, 6.45) is 5.45. The zero-order valence-electron chi connectivity index (χ0n) is 9.16. The summed E-state index contributed by atoms with van der Waals surface area (Å²) in [4.78, 5) is 8.49. The summed E-state index contributed by atoms with van der Waals surface area (Å²) >= 11 is 0. The Balaban J connectivity index is 1.88. The van der Waals surface area contributed by atoms with E-state index in [4.69, 9.17) is 5.73 Å². The van der Waals surface area contributed by atoms with E-state index in [0.717, 1.165) is 31.2 Å². The molecule has 0 aromatic carbocycles. The van der Waals surface area contributed by atoms with Crippen LogP contribution in [0.5, 0.6) is 0 Å². The summed E-state index contributed by atoms with van der Waals surface area (Å²) in [7, 11) is 0. The number of aromatic nitrogens is 2. The van der Waals surface area contributed by atoms with E-state index in [2.05, 4.69) is 15.3 Å². The third-order valence-electron chi connectivity index (χ3n) is 3.05. The molecule has 82 valence electrons. The zero-order valence-corrected chi connectivity index (χ0v) is 9.16. The molecule has 2 rings (SSSR count). The van der Waals surface area contributed by atoms with Crippen LogP contribution in [0.1, 0.15) is 25.0 Å². The van der Waals surface area contributed by atoms with Gasteiger partial charge in [-0.25, -0.2) is 9.97 Å². The SMILES string of the molecule is Cc1ccnc(NCC2(CCN)CC2)n1. The molecule has 0 spiro atoms. The van der Waals surface area contributed by atoms with Gasteiger partial charge in [-0.05, 0) is 44.2 Å². The molecule has 1 heterocycles. The van der Waals surface area contributed by atoms with Gasteiger partial charge < -0.3 is 11.1 Å². The topological polar surface area (TPSA) is 63.8 Å². The molecule has 1 saturated carbocycles. The Morgan fingerprint density at radius 2 is 2.33 bits per heavy atom. The minimum atomic E-state index is 0.432. The highest BCUT2D eigenvalue weighted by molar-refractivity contribution is 5.26. The van der Waals surface area contributed by atoms with Crippen LogP contribution in [0.4, 0.5) is 5.95 Å². The summed E-state index contributed by atoms with van der Waals surface area (Å²) in [6, 6.07) is 1.90. The average Bonchev–Trinajstić information content (AvgIpc) is 2.97. The fourth-order valence-corrected chi connectivity index (χ4v) is 1.80. The number of nitrogens with one attached hydrogen (secondary N) is 1. The van der Waals surface area contributed by atoms with Gasteiger partial charge in [0.25, 0.3) is 0 Å². The van der Waals surface area contributed by atoms with E-state index in [1.807, 2.05) is 13.0 Å². The Hall–Kier alpha value is -1.16. The molecule has 0 bridgehead atoms. The molecule has 0 unspecified atom stereocenters. The molecular formula is C11H18N4. The van der Waals surface area contributed by atoms with Gasteiger partial charge in [0.15, 0.2) is 0 Å². The molecule has 1 fully saturated rings. The summed E-state index contributed by atoms with van der Waals surface area (Å²) in [5.41, 5.74) is 7.02. The first-order valence-electron chi connectivity index (χ1n) is 5.48. The average molecular weight is 206 g/mol. The molecule has 4 heteroatoms. The van der Waals surface area contributed by atoms with Crippen molar-refractivity contribution in [2.45, 2.75) is 26.2 Å². The third-order valence-corrected chi connectivity index (χ3v) is 3.05. The Bertz CT molecular complexity index is 333. The number of hydrogen-bond donors (Lipinski definition) is 2. The molecule has 1 aliphatic carbocycles. The predicted molar refractivity (Wildman–Crippen MR) is 60.6 cm³/mol. The fraction of sp³-hybridized carbons (Fsp3) is 0.636. The first-order chi connectivity index (χ1) is 7.24. The molecule has 1 aromatic rings. The molecule has 3 N–H and O–H groups in total. The second-order valence-electron chi connectivity index (χ2n) is 4.41. The van der Waals surface area contributed by atoms with Gasteiger partial charge in [-0.1, -0.05) is 0 Å². The van der Waals surface area contributed by atoms with E-state index in [1.165, 1.54) is 12.8 Å². The van der Waals surface area contributed by atoms with Crippen LogP contribution in [-0.2, 0) is 0 Å². The van der Waals surface area contributed by atoms with Crippen molar-refractivity contribution >= 4 is 5.95 Å². The Labute approximate surface area is 90.3 Å². The smallest absolute Gasteiger partial charge is 0.222 e. The van der Waals surface area contributed by atoms with Crippen LogP contribution in [0, 0.1) is 12.3 Å². The van der Waals surface area contributed by atoms with Gasteiger partial charge in [0, 0.05) is 18.4 Å². The van der Waals surface area contributed by atoms with Crippen molar-refractivity contribution in [2.24, 2.45) is 11.1 Å². The Morgan fingerprint density at radius 1 is 1.53 bits per heavy atom. The van der Waals surface area contributed by atoms with Crippen molar-refractivity contribution in [3.8, 4) is 0 Å². The van der Waals surface area contributed by atoms with Crippen LogP contribution in [-0.4, -0.2) is 23.1 Å². The second kappa shape index (κ2) is 4.14. The van der Waals surface area contributed by atoms with Gasteiger partial charge in [-0.2, -0.15) is 0 Å². The van der Waals surface area contributed by atoms with E-state index in [9.17, 15) is 0 Å². The normalized spacial score (nSPS) is 17.5. The van der Waals surface area contributed by atoms with Crippen LogP contribution < -0.4 is 11.1 Å². The van der Waals surface area contributed by atoms with E-state index in [-0.39, 0.29) is 0 Å². The first-order valence-corrected chi connectivity index (χ1v) is 5.48. The molecule has 4 nitrogen and oxygen atoms in total. The highest BCUT2D eigenvalue weighted by Gasteiger charge is 2.41. The summed E-state index contributed by atoms with van der Waals surface area (Å²) in [5.74, 6) is 0.735. The first kappa shape index (κ1) is 10.4. The molecule has 0 radical (unpaired) electrons. The highest BCUT2D eigenvalue weighted by Crippen LogP contribution is 2.48. The van der Waals surface area contributed by atoms with Crippen molar-refractivity contribution in [3.05, 3.63) is 18.0 Å². The van der Waals surface area contributed by atoms with E-state index < -0.39 is 0 Å². The lowest BCUT2D eigenvalue weighted by atomic mass is 10.0. The van der Waals surface area contributed by atoms with Gasteiger partial charge >= 0.3 is 0 Å². The van der Waals surface area contributed by atoms with Crippen LogP contribution in [0.2, 0.25) is 0 Å². The molecule has 1 aliphatic rings. The third kappa shape index (κ3) is 2.65. The van der Waals surface area contributed by atoms with E-state index in [1.54, 1.807) is 6.20 Å². The lowest BCUT2D eigenvalue weighted by Crippen LogP contribution is -2.20. The van der Waals surface area contributed by atoms with Crippen LogP contribution in [0.25, 0.3) is 0 Å². The van der Waals surface area contributed by atoms with Crippen molar-refractivity contribution in [3.63, 3.8) is 0 Å². The minimum absolute atomic E-state index is 0.432. The quantitative estimate of drug-likeness (QED) is 0.762. The minimum Gasteiger partial charge on any atom is -0.354 e. The molecule has 1 aromatic heterocycles. The number of nitrogens with two attached hydrogens (primary N) is 1. The van der Waals surface area contributed by atoms with Gasteiger partial charge in [-0.15, -0.1) is 0 Å². The predicted octanol–water partition coefficient (Wildman–Crippen LogP) is 1.33. The number of aryl methyl sites for hydroxylation is 1. The maximum Gasteiger partial charge on any atom is 0.222 e. The summed E-state index contributed by atoms with van der Waals surface area (Å²) in [6.45, 7) is 3.70. The monoisotopic (exact) mass is 206 g/mol. The number of rotatable bonds is 5. The molecule has 0 aliphatic heterocycles. The van der Waals surface area contributed by atoms with Crippen molar-refractivity contribution in [2.75, 3.05) is 18.4 Å². The zero-order chi connectivity index (χ0) is 10.7. The van der Waals surface area contributed by atoms with Crippen molar-refractivity contribution < 1.29 is 0 Å². The molecule has 0 saturated heterocycles. The van der Waals surface area contributed by atoms with E-state index >= 15 is 0 Å². The van der Waals surface area contributed by atoms with E-state index in [0.29, 0.717) is 5.41 Å². The van der Waals surface area contributed by atoms with Crippen LogP contribution in [0.3, 0.4) is 0 Å². The van der Waals surface area contributed by atoms with Crippen molar-refractivity contribution in [1.29, 1.82) is 0 Å².